The standard InChI is InChI=1S/C14H15F4NO2/c15-12-3-2-10(7-11(12)14(16,17)18)19-6-5-9(8-19)1-4-13(20)21/h2-3,7,9H,1,4-6,8H2,(H,20,21). The first-order chi connectivity index (χ1) is 9.77. The quantitative estimate of drug-likeness (QED) is 0.865. The van der Waals surface area contributed by atoms with E-state index >= 15 is 0 Å². The van der Waals surface area contributed by atoms with Crippen LogP contribution in [0.2, 0.25) is 0 Å². The molecule has 1 N–H and O–H groups in total. The second-order valence-corrected chi connectivity index (χ2v) is 5.20. The van der Waals surface area contributed by atoms with Crippen molar-refractivity contribution in [3.8, 4) is 0 Å². The van der Waals surface area contributed by atoms with Gasteiger partial charge in [0.15, 0.2) is 0 Å². The molecule has 7 heteroatoms. The Kier molecular flexibility index (Phi) is 4.39. The average Bonchev–Trinajstić information content (AvgIpc) is 2.84. The third kappa shape index (κ3) is 3.86. The number of alkyl halides is 3. The summed E-state index contributed by atoms with van der Waals surface area (Å²) in [5, 5.41) is 8.63. The van der Waals surface area contributed by atoms with Gasteiger partial charge in [0.05, 0.1) is 5.56 Å². The van der Waals surface area contributed by atoms with Crippen LogP contribution >= 0.6 is 0 Å². The fraction of sp³-hybridized carbons (Fsp3) is 0.500. The van der Waals surface area contributed by atoms with E-state index in [4.69, 9.17) is 5.11 Å². The number of aliphatic carboxylic acids is 1. The summed E-state index contributed by atoms with van der Waals surface area (Å²) in [5.41, 5.74) is -0.949. The lowest BCUT2D eigenvalue weighted by Gasteiger charge is -2.20. The molecule has 1 aromatic rings. The third-order valence-corrected chi connectivity index (χ3v) is 3.67. The zero-order valence-electron chi connectivity index (χ0n) is 11.2. The Morgan fingerprint density at radius 1 is 1.38 bits per heavy atom. The molecule has 1 aromatic carbocycles. The maximum absolute atomic E-state index is 13.2. The molecule has 0 spiro atoms. The predicted octanol–water partition coefficient (Wildman–Crippen LogP) is 3.54. The minimum Gasteiger partial charge on any atom is -0.481 e. The van der Waals surface area contributed by atoms with Gasteiger partial charge in [0.1, 0.15) is 5.82 Å². The van der Waals surface area contributed by atoms with Crippen LogP contribution in [0.4, 0.5) is 23.2 Å². The summed E-state index contributed by atoms with van der Waals surface area (Å²) >= 11 is 0. The summed E-state index contributed by atoms with van der Waals surface area (Å²) in [5.74, 6) is -2.03. The molecule has 0 aromatic heterocycles. The number of nitrogens with zero attached hydrogens (tertiary/aromatic N) is 1. The van der Waals surface area contributed by atoms with Gasteiger partial charge in [-0.1, -0.05) is 0 Å². The van der Waals surface area contributed by atoms with Gasteiger partial charge in [0.2, 0.25) is 0 Å². The molecule has 1 aliphatic heterocycles. The Labute approximate surface area is 119 Å². The Morgan fingerprint density at radius 2 is 2.10 bits per heavy atom. The summed E-state index contributed by atoms with van der Waals surface area (Å²) in [4.78, 5) is 12.3. The SMILES string of the molecule is O=C(O)CCC1CCN(c2ccc(F)c(C(F)(F)F)c2)C1. The molecule has 1 fully saturated rings. The highest BCUT2D eigenvalue weighted by Gasteiger charge is 2.35. The molecule has 116 valence electrons. The lowest BCUT2D eigenvalue weighted by Crippen LogP contribution is -2.21. The van der Waals surface area contributed by atoms with E-state index in [0.717, 1.165) is 18.6 Å². The number of halogens is 4. The number of rotatable bonds is 4. The fourth-order valence-corrected chi connectivity index (χ4v) is 2.56. The minimum atomic E-state index is -4.72. The highest BCUT2D eigenvalue weighted by molar-refractivity contribution is 5.66. The van der Waals surface area contributed by atoms with Crippen LogP contribution in [0.15, 0.2) is 18.2 Å². The molecule has 1 saturated heterocycles. The number of carbonyl (C=O) groups is 1. The van der Waals surface area contributed by atoms with E-state index in [-0.39, 0.29) is 12.3 Å². The second kappa shape index (κ2) is 5.91. The van der Waals surface area contributed by atoms with Gasteiger partial charge >= 0.3 is 12.1 Å². The Bertz CT molecular complexity index is 530. The van der Waals surface area contributed by atoms with E-state index in [2.05, 4.69) is 0 Å². The van der Waals surface area contributed by atoms with E-state index in [0.29, 0.717) is 25.2 Å². The highest BCUT2D eigenvalue weighted by atomic mass is 19.4. The normalized spacial score (nSPS) is 19.0. The van der Waals surface area contributed by atoms with Crippen molar-refractivity contribution >= 4 is 11.7 Å². The minimum absolute atomic E-state index is 0.0513. The third-order valence-electron chi connectivity index (χ3n) is 3.67. The molecule has 2 rings (SSSR count). The van der Waals surface area contributed by atoms with Gasteiger partial charge in [0.25, 0.3) is 0 Å². The summed E-state index contributed by atoms with van der Waals surface area (Å²) in [6.07, 6.45) is -3.44. The monoisotopic (exact) mass is 305 g/mol. The first-order valence-electron chi connectivity index (χ1n) is 6.61. The zero-order valence-corrected chi connectivity index (χ0v) is 11.2. The van der Waals surface area contributed by atoms with E-state index in [1.807, 2.05) is 0 Å². The van der Waals surface area contributed by atoms with Crippen molar-refractivity contribution in [1.82, 2.24) is 0 Å². The van der Waals surface area contributed by atoms with Crippen LogP contribution in [-0.4, -0.2) is 24.2 Å². The molecule has 0 bridgehead atoms. The van der Waals surface area contributed by atoms with Crippen molar-refractivity contribution in [2.45, 2.75) is 25.4 Å². The second-order valence-electron chi connectivity index (χ2n) is 5.20. The van der Waals surface area contributed by atoms with Crippen LogP contribution < -0.4 is 4.90 Å². The van der Waals surface area contributed by atoms with Gasteiger partial charge < -0.3 is 10.0 Å². The van der Waals surface area contributed by atoms with Gasteiger partial charge in [-0.25, -0.2) is 4.39 Å². The Morgan fingerprint density at radius 3 is 2.71 bits per heavy atom. The molecule has 1 atom stereocenters. The molecule has 0 aliphatic carbocycles. The molecule has 1 heterocycles. The highest BCUT2D eigenvalue weighted by Crippen LogP contribution is 2.35. The topological polar surface area (TPSA) is 40.5 Å². The molecular weight excluding hydrogens is 290 g/mol. The van der Waals surface area contributed by atoms with E-state index in [9.17, 15) is 22.4 Å². The molecule has 21 heavy (non-hydrogen) atoms. The summed E-state index contributed by atoms with van der Waals surface area (Å²) in [6, 6.07) is 2.96. The van der Waals surface area contributed by atoms with Crippen LogP contribution in [0.3, 0.4) is 0 Å². The van der Waals surface area contributed by atoms with Crippen LogP contribution in [0, 0.1) is 11.7 Å². The van der Waals surface area contributed by atoms with Gasteiger partial charge in [-0.05, 0) is 37.0 Å². The van der Waals surface area contributed by atoms with Crippen LogP contribution in [0.5, 0.6) is 0 Å². The molecular formula is C14H15F4NO2. The molecule has 3 nitrogen and oxygen atoms in total. The number of anilines is 1. The van der Waals surface area contributed by atoms with Crippen molar-refractivity contribution in [3.63, 3.8) is 0 Å². The average molecular weight is 305 g/mol. The Balaban J connectivity index is 2.08. The molecule has 1 unspecified atom stereocenters. The zero-order chi connectivity index (χ0) is 15.6. The smallest absolute Gasteiger partial charge is 0.419 e. The molecule has 1 aliphatic rings. The first-order valence-corrected chi connectivity index (χ1v) is 6.61. The first kappa shape index (κ1) is 15.6. The van der Waals surface area contributed by atoms with Crippen molar-refractivity contribution in [1.29, 1.82) is 0 Å². The Hall–Kier alpha value is -1.79. The maximum atomic E-state index is 13.2. The van der Waals surface area contributed by atoms with Crippen molar-refractivity contribution in [3.05, 3.63) is 29.6 Å². The maximum Gasteiger partial charge on any atom is 0.419 e. The molecule has 0 amide bonds. The van der Waals surface area contributed by atoms with Crippen LogP contribution in [0.1, 0.15) is 24.8 Å². The van der Waals surface area contributed by atoms with Crippen molar-refractivity contribution < 1.29 is 27.5 Å². The van der Waals surface area contributed by atoms with E-state index in [1.165, 1.54) is 6.07 Å². The van der Waals surface area contributed by atoms with Crippen molar-refractivity contribution in [2.24, 2.45) is 5.92 Å². The van der Waals surface area contributed by atoms with E-state index < -0.39 is 23.5 Å². The van der Waals surface area contributed by atoms with Gasteiger partial charge in [-0.15, -0.1) is 0 Å². The van der Waals surface area contributed by atoms with Gasteiger partial charge in [0, 0.05) is 25.2 Å². The predicted molar refractivity (Wildman–Crippen MR) is 68.6 cm³/mol. The summed E-state index contributed by atoms with van der Waals surface area (Å²) in [7, 11) is 0. The lowest BCUT2D eigenvalue weighted by atomic mass is 10.0. The van der Waals surface area contributed by atoms with E-state index in [1.54, 1.807) is 4.90 Å². The molecule has 0 radical (unpaired) electrons. The lowest BCUT2D eigenvalue weighted by molar-refractivity contribution is -0.140. The summed E-state index contributed by atoms with van der Waals surface area (Å²) in [6.45, 7) is 1.05. The van der Waals surface area contributed by atoms with Crippen molar-refractivity contribution in [2.75, 3.05) is 18.0 Å². The molecule has 0 saturated carbocycles. The number of carboxylic acid groups (broad SMARTS) is 1. The number of hydrogen-bond acceptors (Lipinski definition) is 2. The van der Waals surface area contributed by atoms with Crippen LogP contribution in [-0.2, 0) is 11.0 Å². The van der Waals surface area contributed by atoms with Gasteiger partial charge in [-0.3, -0.25) is 4.79 Å². The van der Waals surface area contributed by atoms with Gasteiger partial charge in [-0.2, -0.15) is 13.2 Å². The fourth-order valence-electron chi connectivity index (χ4n) is 2.56. The number of benzene rings is 1. The largest absolute Gasteiger partial charge is 0.481 e. The number of carboxylic acids is 1. The number of hydrogen-bond donors (Lipinski definition) is 1. The summed E-state index contributed by atoms with van der Waals surface area (Å²) < 4.78 is 51.3. The van der Waals surface area contributed by atoms with Crippen LogP contribution in [0.25, 0.3) is 0 Å².